The number of para-hydroxylation sites is 1. The van der Waals surface area contributed by atoms with Crippen LogP contribution in [0.25, 0.3) is 0 Å². The van der Waals surface area contributed by atoms with E-state index in [1.807, 2.05) is 0 Å². The average Bonchev–Trinajstić information content (AvgIpc) is 2.43. The smallest absolute Gasteiger partial charge is 0.429 e. The highest BCUT2D eigenvalue weighted by molar-refractivity contribution is 7.80. The van der Waals surface area contributed by atoms with E-state index in [1.54, 1.807) is 18.2 Å². The zero-order valence-corrected chi connectivity index (χ0v) is 12.2. The fraction of sp³-hybridized carbons (Fsp3) is 0. The summed E-state index contributed by atoms with van der Waals surface area (Å²) in [4.78, 5) is 0. The second-order valence-electron chi connectivity index (χ2n) is 4.03. The Bertz CT molecular complexity index is 672. The molecule has 0 heterocycles. The predicted molar refractivity (Wildman–Crippen MR) is 84.5 cm³/mol. The summed E-state index contributed by atoms with van der Waals surface area (Å²) < 4.78 is 18.6. The molecule has 0 fully saturated rings. The van der Waals surface area contributed by atoms with Crippen LogP contribution in [0.3, 0.4) is 0 Å². The third-order valence-corrected chi connectivity index (χ3v) is 3.19. The van der Waals surface area contributed by atoms with Crippen LogP contribution in [0.1, 0.15) is 0 Å². The molecular weight excluding hydrogens is 315 g/mol. The SMILES string of the molecule is OB(O)c1cccc(NC(=S)Oc2ccccc2F)c1Cl. The lowest BCUT2D eigenvalue weighted by Gasteiger charge is -2.13. The maximum atomic E-state index is 13.4. The predicted octanol–water partition coefficient (Wildman–Crippen LogP) is 1.93. The lowest BCUT2D eigenvalue weighted by atomic mass is 9.80. The first-order chi connectivity index (χ1) is 9.99. The van der Waals surface area contributed by atoms with Crippen molar-refractivity contribution < 1.29 is 19.2 Å². The normalized spacial score (nSPS) is 10.1. The molecule has 2 rings (SSSR count). The maximum absolute atomic E-state index is 13.4. The van der Waals surface area contributed by atoms with Gasteiger partial charge in [-0.3, -0.25) is 0 Å². The Balaban J connectivity index is 2.14. The van der Waals surface area contributed by atoms with Crippen molar-refractivity contribution in [3.8, 4) is 5.75 Å². The van der Waals surface area contributed by atoms with Crippen molar-refractivity contribution in [3.05, 3.63) is 53.3 Å². The molecule has 4 nitrogen and oxygen atoms in total. The number of anilines is 1. The summed E-state index contributed by atoms with van der Waals surface area (Å²) in [6.07, 6.45) is 0. The van der Waals surface area contributed by atoms with Gasteiger partial charge < -0.3 is 20.1 Å². The highest BCUT2D eigenvalue weighted by Gasteiger charge is 2.18. The molecule has 21 heavy (non-hydrogen) atoms. The lowest BCUT2D eigenvalue weighted by Crippen LogP contribution is -2.31. The molecule has 0 atom stereocenters. The molecule has 8 heteroatoms. The molecule has 0 amide bonds. The van der Waals surface area contributed by atoms with E-state index in [0.29, 0.717) is 5.69 Å². The van der Waals surface area contributed by atoms with E-state index in [9.17, 15) is 4.39 Å². The van der Waals surface area contributed by atoms with Crippen LogP contribution < -0.4 is 15.5 Å². The van der Waals surface area contributed by atoms with Gasteiger partial charge in [0.1, 0.15) is 0 Å². The van der Waals surface area contributed by atoms with Gasteiger partial charge in [0.15, 0.2) is 11.6 Å². The van der Waals surface area contributed by atoms with E-state index < -0.39 is 12.9 Å². The fourth-order valence-corrected chi connectivity index (χ4v) is 2.08. The average molecular weight is 326 g/mol. The molecule has 3 N–H and O–H groups in total. The minimum Gasteiger partial charge on any atom is -0.429 e. The Hall–Kier alpha value is -1.67. The molecule has 0 saturated heterocycles. The zero-order valence-electron chi connectivity index (χ0n) is 10.6. The second-order valence-corrected chi connectivity index (χ2v) is 4.78. The van der Waals surface area contributed by atoms with Crippen molar-refractivity contribution in [3.63, 3.8) is 0 Å². The van der Waals surface area contributed by atoms with Crippen LogP contribution in [0.4, 0.5) is 10.1 Å². The first kappa shape index (κ1) is 15.7. The molecule has 0 unspecified atom stereocenters. The van der Waals surface area contributed by atoms with E-state index in [-0.39, 0.29) is 21.4 Å². The first-order valence-electron chi connectivity index (χ1n) is 5.87. The van der Waals surface area contributed by atoms with Crippen molar-refractivity contribution in [2.75, 3.05) is 5.32 Å². The second kappa shape index (κ2) is 6.86. The van der Waals surface area contributed by atoms with Crippen molar-refractivity contribution in [1.82, 2.24) is 0 Å². The third-order valence-electron chi connectivity index (χ3n) is 2.58. The molecule has 0 aliphatic heterocycles. The lowest BCUT2D eigenvalue weighted by molar-refractivity contribution is 0.426. The van der Waals surface area contributed by atoms with Crippen LogP contribution in [0.2, 0.25) is 5.02 Å². The van der Waals surface area contributed by atoms with Gasteiger partial charge in [0.05, 0.1) is 10.7 Å². The van der Waals surface area contributed by atoms with Gasteiger partial charge in [-0.15, -0.1) is 0 Å². The summed E-state index contributed by atoms with van der Waals surface area (Å²) in [6.45, 7) is 0. The van der Waals surface area contributed by atoms with Gasteiger partial charge in [-0.25, -0.2) is 4.39 Å². The van der Waals surface area contributed by atoms with Crippen LogP contribution in [0, 0.1) is 5.82 Å². The molecule has 2 aromatic rings. The number of hydrogen-bond donors (Lipinski definition) is 3. The molecule has 0 radical (unpaired) electrons. The number of rotatable bonds is 3. The summed E-state index contributed by atoms with van der Waals surface area (Å²) >= 11 is 11.0. The van der Waals surface area contributed by atoms with Crippen molar-refractivity contribution in [2.24, 2.45) is 0 Å². The number of benzene rings is 2. The molecule has 0 aliphatic rings. The molecule has 0 spiro atoms. The molecule has 108 valence electrons. The monoisotopic (exact) mass is 325 g/mol. The van der Waals surface area contributed by atoms with Crippen LogP contribution in [-0.4, -0.2) is 22.3 Å². The van der Waals surface area contributed by atoms with Crippen molar-refractivity contribution >= 4 is 47.3 Å². The van der Waals surface area contributed by atoms with Gasteiger partial charge in [-0.05, 0) is 30.4 Å². The van der Waals surface area contributed by atoms with Crippen LogP contribution in [-0.2, 0) is 0 Å². The van der Waals surface area contributed by atoms with Crippen LogP contribution in [0.5, 0.6) is 5.75 Å². The molecule has 0 bridgehead atoms. The van der Waals surface area contributed by atoms with Gasteiger partial charge in [0, 0.05) is 5.46 Å². The van der Waals surface area contributed by atoms with Crippen molar-refractivity contribution in [1.29, 1.82) is 0 Å². The largest absolute Gasteiger partial charge is 0.490 e. The number of thiocarbonyl (C=S) groups is 1. The number of ether oxygens (including phenoxy) is 1. The van der Waals surface area contributed by atoms with Gasteiger partial charge in [-0.2, -0.15) is 0 Å². The van der Waals surface area contributed by atoms with Gasteiger partial charge in [0.2, 0.25) is 0 Å². The van der Waals surface area contributed by atoms with Gasteiger partial charge in [-0.1, -0.05) is 35.9 Å². The zero-order chi connectivity index (χ0) is 15.4. The summed E-state index contributed by atoms with van der Waals surface area (Å²) in [5.41, 5.74) is 0.443. The van der Waals surface area contributed by atoms with E-state index in [2.05, 4.69) is 5.32 Å². The maximum Gasteiger partial charge on any atom is 0.490 e. The highest BCUT2D eigenvalue weighted by atomic mass is 35.5. The summed E-state index contributed by atoms with van der Waals surface area (Å²) in [7, 11) is -1.71. The molecule has 0 aliphatic carbocycles. The number of nitrogens with one attached hydrogen (secondary N) is 1. The Morgan fingerprint density at radius 3 is 2.57 bits per heavy atom. The van der Waals surface area contributed by atoms with E-state index in [4.69, 9.17) is 38.6 Å². The first-order valence-corrected chi connectivity index (χ1v) is 6.65. The Morgan fingerprint density at radius 1 is 1.19 bits per heavy atom. The van der Waals surface area contributed by atoms with Gasteiger partial charge >= 0.3 is 7.12 Å². The highest BCUT2D eigenvalue weighted by Crippen LogP contribution is 2.21. The van der Waals surface area contributed by atoms with Gasteiger partial charge in [0.25, 0.3) is 5.17 Å². The van der Waals surface area contributed by atoms with Crippen molar-refractivity contribution in [2.45, 2.75) is 0 Å². The van der Waals surface area contributed by atoms with Crippen LogP contribution >= 0.6 is 23.8 Å². The Morgan fingerprint density at radius 2 is 1.90 bits per heavy atom. The van der Waals surface area contributed by atoms with E-state index >= 15 is 0 Å². The minimum absolute atomic E-state index is 0.0236. The quantitative estimate of drug-likeness (QED) is 0.595. The molecule has 0 saturated carbocycles. The molecule has 0 aromatic heterocycles. The Kier molecular flexibility index (Phi) is 5.14. The summed E-state index contributed by atoms with van der Waals surface area (Å²) in [5, 5.41) is 21.0. The standard InChI is InChI=1S/C13H10BClFNO3S/c15-12-8(14(18)19)4-3-6-10(12)17-13(21)20-11-7-2-1-5-9(11)16/h1-7,18-19H,(H,17,21). The van der Waals surface area contributed by atoms with E-state index in [1.165, 1.54) is 24.3 Å². The minimum atomic E-state index is -1.71. The summed E-state index contributed by atoms with van der Waals surface area (Å²) in [6, 6.07) is 10.4. The van der Waals surface area contributed by atoms with Crippen LogP contribution in [0.15, 0.2) is 42.5 Å². The Labute approximate surface area is 131 Å². The number of hydrogen-bond acceptors (Lipinski definition) is 4. The molecular formula is C13H10BClFNO3S. The summed E-state index contributed by atoms with van der Waals surface area (Å²) in [5.74, 6) is -0.572. The topological polar surface area (TPSA) is 61.7 Å². The number of halogens is 2. The van der Waals surface area contributed by atoms with E-state index in [0.717, 1.165) is 0 Å². The molecule has 2 aromatic carbocycles. The third kappa shape index (κ3) is 3.92. The fourth-order valence-electron chi connectivity index (χ4n) is 1.61.